The van der Waals surface area contributed by atoms with E-state index in [4.69, 9.17) is 0 Å². The molecule has 0 saturated heterocycles. The summed E-state index contributed by atoms with van der Waals surface area (Å²) in [6, 6.07) is 28.1. The molecule has 23 heavy (non-hydrogen) atoms. The first-order valence-electron chi connectivity index (χ1n) is 7.89. The second-order valence-corrected chi connectivity index (χ2v) is 5.94. The van der Waals surface area contributed by atoms with Gasteiger partial charge in [0.2, 0.25) is 0 Å². The van der Waals surface area contributed by atoms with Gasteiger partial charge < -0.3 is 4.98 Å². The van der Waals surface area contributed by atoms with Crippen molar-refractivity contribution in [1.82, 2.24) is 4.98 Å². The Bertz CT molecular complexity index is 1160. The van der Waals surface area contributed by atoms with Gasteiger partial charge in [0.1, 0.15) is 0 Å². The number of nitrogens with one attached hydrogen (secondary N) is 1. The number of H-pyrrole nitrogens is 1. The first kappa shape index (κ1) is 12.5. The van der Waals surface area contributed by atoms with Crippen molar-refractivity contribution < 1.29 is 0 Å². The van der Waals surface area contributed by atoms with Crippen LogP contribution in [0.3, 0.4) is 0 Å². The topological polar surface area (TPSA) is 15.8 Å². The molecule has 1 aromatic heterocycles. The van der Waals surface area contributed by atoms with Gasteiger partial charge in [-0.2, -0.15) is 0 Å². The Morgan fingerprint density at radius 3 is 2.22 bits per heavy atom. The highest BCUT2D eigenvalue weighted by Gasteiger charge is 2.10. The van der Waals surface area contributed by atoms with Crippen molar-refractivity contribution in [3.8, 4) is 11.1 Å². The van der Waals surface area contributed by atoms with Crippen LogP contribution in [-0.4, -0.2) is 4.98 Å². The minimum absolute atomic E-state index is 1.18. The third-order valence-corrected chi connectivity index (χ3v) is 4.67. The summed E-state index contributed by atoms with van der Waals surface area (Å²) in [6.07, 6.45) is 2.12. The molecule has 0 bridgehead atoms. The fraction of sp³-hybridized carbons (Fsp3) is 0. The molecule has 1 N–H and O–H groups in total. The third kappa shape index (κ3) is 1.80. The molecule has 5 rings (SSSR count). The summed E-state index contributed by atoms with van der Waals surface area (Å²) in [5.74, 6) is 0. The second kappa shape index (κ2) is 4.72. The molecular formula is C22H15N. The highest BCUT2D eigenvalue weighted by atomic mass is 14.7. The summed E-state index contributed by atoms with van der Waals surface area (Å²) in [4.78, 5) is 3.39. The second-order valence-electron chi connectivity index (χ2n) is 5.94. The van der Waals surface area contributed by atoms with Gasteiger partial charge in [-0.1, -0.05) is 72.8 Å². The average molecular weight is 293 g/mol. The van der Waals surface area contributed by atoms with Crippen LogP contribution in [0.1, 0.15) is 0 Å². The Kier molecular flexibility index (Phi) is 2.56. The quantitative estimate of drug-likeness (QED) is 0.357. The van der Waals surface area contributed by atoms with Crippen molar-refractivity contribution in [3.05, 3.63) is 85.1 Å². The minimum Gasteiger partial charge on any atom is -0.361 e. The summed E-state index contributed by atoms with van der Waals surface area (Å²) in [6.45, 7) is 0. The largest absolute Gasteiger partial charge is 0.361 e. The van der Waals surface area contributed by atoms with Crippen molar-refractivity contribution in [1.29, 1.82) is 0 Å². The molecule has 1 nitrogen and oxygen atoms in total. The van der Waals surface area contributed by atoms with E-state index in [1.807, 2.05) is 0 Å². The van der Waals surface area contributed by atoms with E-state index in [-0.39, 0.29) is 0 Å². The fourth-order valence-corrected chi connectivity index (χ4v) is 3.57. The van der Waals surface area contributed by atoms with Crippen LogP contribution in [0.2, 0.25) is 0 Å². The van der Waals surface area contributed by atoms with Crippen LogP contribution in [0.4, 0.5) is 0 Å². The molecular weight excluding hydrogens is 278 g/mol. The number of hydrogen-bond donors (Lipinski definition) is 1. The van der Waals surface area contributed by atoms with E-state index in [0.717, 1.165) is 0 Å². The molecule has 0 aliphatic rings. The number of para-hydroxylation sites is 1. The SMILES string of the molecule is c1ccc2c(c1)ccc1c(-c3c[nH]c4ccccc34)cccc12. The number of fused-ring (bicyclic) bond motifs is 4. The molecule has 5 aromatic rings. The Labute approximate surface area is 134 Å². The monoisotopic (exact) mass is 293 g/mol. The zero-order valence-corrected chi connectivity index (χ0v) is 12.6. The van der Waals surface area contributed by atoms with E-state index in [2.05, 4.69) is 90.0 Å². The summed E-state index contributed by atoms with van der Waals surface area (Å²) < 4.78 is 0. The molecule has 0 unspecified atom stereocenters. The zero-order chi connectivity index (χ0) is 15.2. The van der Waals surface area contributed by atoms with Gasteiger partial charge in [0, 0.05) is 22.7 Å². The van der Waals surface area contributed by atoms with Gasteiger partial charge in [0.25, 0.3) is 0 Å². The van der Waals surface area contributed by atoms with E-state index >= 15 is 0 Å². The smallest absolute Gasteiger partial charge is 0.0460 e. The Balaban J connectivity index is 1.90. The summed E-state index contributed by atoms with van der Waals surface area (Å²) in [5, 5.41) is 6.48. The lowest BCUT2D eigenvalue weighted by molar-refractivity contribution is 1.48. The Hall–Kier alpha value is -3.06. The summed E-state index contributed by atoms with van der Waals surface area (Å²) in [7, 11) is 0. The van der Waals surface area contributed by atoms with Crippen molar-refractivity contribution in [2.24, 2.45) is 0 Å². The van der Waals surface area contributed by atoms with Gasteiger partial charge in [0.15, 0.2) is 0 Å². The summed E-state index contributed by atoms with van der Waals surface area (Å²) in [5.41, 5.74) is 3.73. The van der Waals surface area contributed by atoms with Crippen LogP contribution in [0, 0.1) is 0 Å². The molecule has 1 heteroatoms. The van der Waals surface area contributed by atoms with Gasteiger partial charge in [-0.3, -0.25) is 0 Å². The van der Waals surface area contributed by atoms with Crippen molar-refractivity contribution in [2.45, 2.75) is 0 Å². The lowest BCUT2D eigenvalue weighted by Crippen LogP contribution is -1.82. The van der Waals surface area contributed by atoms with Crippen molar-refractivity contribution in [3.63, 3.8) is 0 Å². The standard InChI is InChI=1S/C22H15N/c1-2-7-16-15(6-1)12-13-19-17(16)9-5-10-18(19)21-14-23-22-11-4-3-8-20(21)22/h1-14,23H. The number of aromatic nitrogens is 1. The molecule has 1 heterocycles. The van der Waals surface area contributed by atoms with Crippen LogP contribution in [0.5, 0.6) is 0 Å². The molecule has 0 fully saturated rings. The zero-order valence-electron chi connectivity index (χ0n) is 12.6. The van der Waals surface area contributed by atoms with Gasteiger partial charge >= 0.3 is 0 Å². The molecule has 0 spiro atoms. The van der Waals surface area contributed by atoms with Crippen LogP contribution < -0.4 is 0 Å². The maximum atomic E-state index is 3.39. The van der Waals surface area contributed by atoms with Crippen molar-refractivity contribution in [2.75, 3.05) is 0 Å². The molecule has 0 amide bonds. The van der Waals surface area contributed by atoms with Gasteiger partial charge in [0.05, 0.1) is 0 Å². The predicted octanol–water partition coefficient (Wildman–Crippen LogP) is 6.14. The molecule has 108 valence electrons. The van der Waals surface area contributed by atoms with E-state index in [1.165, 1.54) is 43.6 Å². The molecule has 0 aliphatic heterocycles. The lowest BCUT2D eigenvalue weighted by atomic mass is 9.94. The molecule has 0 radical (unpaired) electrons. The molecule has 4 aromatic carbocycles. The highest BCUT2D eigenvalue weighted by molar-refractivity contribution is 6.14. The van der Waals surface area contributed by atoms with Gasteiger partial charge in [-0.05, 0) is 33.2 Å². The van der Waals surface area contributed by atoms with Crippen molar-refractivity contribution >= 4 is 32.4 Å². The van der Waals surface area contributed by atoms with Crippen LogP contribution in [-0.2, 0) is 0 Å². The van der Waals surface area contributed by atoms with E-state index in [9.17, 15) is 0 Å². The van der Waals surface area contributed by atoms with Crippen LogP contribution in [0.15, 0.2) is 85.1 Å². The molecule has 0 atom stereocenters. The third-order valence-electron chi connectivity index (χ3n) is 4.67. The first-order valence-corrected chi connectivity index (χ1v) is 7.89. The average Bonchev–Trinajstić information content (AvgIpc) is 3.05. The lowest BCUT2D eigenvalue weighted by Gasteiger charge is -2.09. The highest BCUT2D eigenvalue weighted by Crippen LogP contribution is 2.36. The van der Waals surface area contributed by atoms with Crippen LogP contribution >= 0.6 is 0 Å². The van der Waals surface area contributed by atoms with Gasteiger partial charge in [-0.25, -0.2) is 0 Å². The number of rotatable bonds is 1. The van der Waals surface area contributed by atoms with E-state index in [1.54, 1.807) is 0 Å². The minimum atomic E-state index is 1.18. The fourth-order valence-electron chi connectivity index (χ4n) is 3.57. The first-order chi connectivity index (χ1) is 11.4. The maximum Gasteiger partial charge on any atom is 0.0460 e. The van der Waals surface area contributed by atoms with Gasteiger partial charge in [-0.15, -0.1) is 0 Å². The Morgan fingerprint density at radius 2 is 1.26 bits per heavy atom. The maximum absolute atomic E-state index is 3.39. The molecule has 0 saturated carbocycles. The summed E-state index contributed by atoms with van der Waals surface area (Å²) >= 11 is 0. The van der Waals surface area contributed by atoms with Crippen LogP contribution in [0.25, 0.3) is 43.6 Å². The predicted molar refractivity (Wildman–Crippen MR) is 98.7 cm³/mol. The molecule has 0 aliphatic carbocycles. The van der Waals surface area contributed by atoms with E-state index in [0.29, 0.717) is 0 Å². The Morgan fingerprint density at radius 1 is 0.478 bits per heavy atom. The number of hydrogen-bond acceptors (Lipinski definition) is 0. The normalized spacial score (nSPS) is 11.5. The van der Waals surface area contributed by atoms with E-state index < -0.39 is 0 Å². The number of aromatic amines is 1. The number of benzene rings is 4.